The average Bonchev–Trinajstić information content (AvgIpc) is 3.32. The molecule has 5 rings (SSSR count). The molecule has 0 saturated carbocycles. The number of hydrogen-bond acceptors (Lipinski definition) is 6. The Morgan fingerprint density at radius 3 is 2.59 bits per heavy atom. The highest BCUT2D eigenvalue weighted by atomic mass is 32.1. The van der Waals surface area contributed by atoms with Gasteiger partial charge < -0.3 is 25.6 Å². The lowest BCUT2D eigenvalue weighted by Gasteiger charge is -2.26. The fraction of sp³-hybridized carbons (Fsp3) is 0.379. The summed E-state index contributed by atoms with van der Waals surface area (Å²) in [5.41, 5.74) is 4.99. The number of ether oxygens (including phenoxy) is 1. The number of fused-ring (bicyclic) bond motifs is 1. The van der Waals surface area contributed by atoms with E-state index in [1.807, 2.05) is 29.6 Å². The maximum absolute atomic E-state index is 12.9. The molecule has 7 nitrogen and oxygen atoms in total. The summed E-state index contributed by atoms with van der Waals surface area (Å²) in [7, 11) is 0. The second-order valence-corrected chi connectivity index (χ2v) is 10.8. The fourth-order valence-corrected chi connectivity index (χ4v) is 6.42. The summed E-state index contributed by atoms with van der Waals surface area (Å²) in [5.74, 6) is -0.781. The van der Waals surface area contributed by atoms with Gasteiger partial charge in [0.15, 0.2) is 6.29 Å². The number of aliphatic hydroxyl groups is 1. The molecule has 0 bridgehead atoms. The summed E-state index contributed by atoms with van der Waals surface area (Å²) in [6, 6.07) is 15.5. The first kappa shape index (κ1) is 25.4. The van der Waals surface area contributed by atoms with Gasteiger partial charge >= 0.3 is 5.97 Å². The molecule has 4 N–H and O–H groups in total. The largest absolute Gasteiger partial charge is 0.478 e. The van der Waals surface area contributed by atoms with Crippen molar-refractivity contribution in [1.29, 1.82) is 0 Å². The Morgan fingerprint density at radius 1 is 1.05 bits per heavy atom. The van der Waals surface area contributed by atoms with E-state index in [1.165, 1.54) is 22.5 Å². The Balaban J connectivity index is 1.20. The summed E-state index contributed by atoms with van der Waals surface area (Å²) >= 11 is 1.28. The molecule has 1 fully saturated rings. The van der Waals surface area contributed by atoms with Crippen LogP contribution in [-0.2, 0) is 17.6 Å². The van der Waals surface area contributed by atoms with E-state index in [-0.39, 0.29) is 17.4 Å². The minimum atomic E-state index is -1.01. The third-order valence-corrected chi connectivity index (χ3v) is 8.36. The number of aryl methyl sites for hydroxylation is 1. The van der Waals surface area contributed by atoms with Gasteiger partial charge in [0, 0.05) is 30.8 Å². The highest BCUT2D eigenvalue weighted by Crippen LogP contribution is 2.40. The number of amides is 1. The van der Waals surface area contributed by atoms with Crippen LogP contribution in [0.4, 0.5) is 10.7 Å². The van der Waals surface area contributed by atoms with Gasteiger partial charge in [-0.15, -0.1) is 11.3 Å². The maximum atomic E-state index is 12.9. The van der Waals surface area contributed by atoms with Crippen LogP contribution in [0.1, 0.15) is 69.0 Å². The molecule has 1 saturated heterocycles. The van der Waals surface area contributed by atoms with Gasteiger partial charge in [-0.2, -0.15) is 0 Å². The van der Waals surface area contributed by atoms with Gasteiger partial charge in [0.1, 0.15) is 5.00 Å². The standard InChI is InChI=1S/C29H32N2O5S/c32-25-15-18(12-14-36-25)11-13-30-23-9-7-20(8-10-23)27(33)31-28-26(29(34)35)24(17-37-28)22-6-5-19-3-1-2-4-21(19)16-22/h1-4,7-10,17-18,22,25,30,32H,5-6,11-16H2,(H,31,33)(H,34,35)/t18?,22?,25-/m0/s1. The number of carbonyl (C=O) groups excluding carboxylic acids is 1. The molecule has 2 heterocycles. The van der Waals surface area contributed by atoms with Crippen LogP contribution in [-0.4, -0.2) is 41.5 Å². The second kappa shape index (κ2) is 11.5. The molecule has 194 valence electrons. The number of aliphatic hydroxyl groups excluding tert-OH is 1. The number of nitrogens with one attached hydrogen (secondary N) is 2. The monoisotopic (exact) mass is 520 g/mol. The van der Waals surface area contributed by atoms with E-state index >= 15 is 0 Å². The molecule has 1 aliphatic heterocycles. The normalized spacial score (nSPS) is 21.2. The molecule has 0 spiro atoms. The third kappa shape index (κ3) is 6.04. The number of hydrogen-bond donors (Lipinski definition) is 4. The van der Waals surface area contributed by atoms with E-state index in [4.69, 9.17) is 4.74 Å². The zero-order valence-electron chi connectivity index (χ0n) is 20.6. The molecule has 0 radical (unpaired) electrons. The zero-order chi connectivity index (χ0) is 25.8. The van der Waals surface area contributed by atoms with Crippen LogP contribution in [0.2, 0.25) is 0 Å². The SMILES string of the molecule is O=C(Nc1scc(C2CCc3ccccc3C2)c1C(=O)O)c1ccc(NCCC2CCO[C@H](O)C2)cc1. The molecule has 1 aliphatic carbocycles. The topological polar surface area (TPSA) is 108 Å². The van der Waals surface area contributed by atoms with Crippen LogP contribution in [0.3, 0.4) is 0 Å². The number of carboxylic acid groups (broad SMARTS) is 1. The molecule has 1 amide bonds. The Kier molecular flexibility index (Phi) is 7.88. The van der Waals surface area contributed by atoms with Crippen molar-refractivity contribution in [2.75, 3.05) is 23.8 Å². The van der Waals surface area contributed by atoms with Crippen molar-refractivity contribution in [1.82, 2.24) is 0 Å². The molecule has 2 unspecified atom stereocenters. The molecule has 3 atom stereocenters. The van der Waals surface area contributed by atoms with Gasteiger partial charge in [-0.05, 0) is 90.3 Å². The quantitative estimate of drug-likeness (QED) is 0.312. The minimum Gasteiger partial charge on any atom is -0.478 e. The lowest BCUT2D eigenvalue weighted by atomic mass is 9.80. The smallest absolute Gasteiger partial charge is 0.339 e. The van der Waals surface area contributed by atoms with Gasteiger partial charge in [0.05, 0.1) is 5.56 Å². The van der Waals surface area contributed by atoms with Crippen molar-refractivity contribution in [2.45, 2.75) is 50.7 Å². The van der Waals surface area contributed by atoms with Crippen molar-refractivity contribution in [2.24, 2.45) is 5.92 Å². The Hall–Kier alpha value is -3.20. The first-order chi connectivity index (χ1) is 18.0. The first-order valence-electron chi connectivity index (χ1n) is 12.8. The fourth-order valence-electron chi connectivity index (χ4n) is 5.39. The second-order valence-electron chi connectivity index (χ2n) is 9.87. The zero-order valence-corrected chi connectivity index (χ0v) is 21.4. The number of rotatable bonds is 8. The lowest BCUT2D eigenvalue weighted by molar-refractivity contribution is -0.138. The summed E-state index contributed by atoms with van der Waals surface area (Å²) in [6.45, 7) is 1.37. The first-order valence-corrected chi connectivity index (χ1v) is 13.7. The average molecular weight is 521 g/mol. The number of carbonyl (C=O) groups is 2. The van der Waals surface area contributed by atoms with Crippen LogP contribution >= 0.6 is 11.3 Å². The van der Waals surface area contributed by atoms with E-state index in [1.54, 1.807) is 12.1 Å². The number of carboxylic acids is 1. The van der Waals surface area contributed by atoms with Crippen molar-refractivity contribution in [3.05, 3.63) is 81.7 Å². The Morgan fingerprint density at radius 2 is 1.84 bits per heavy atom. The summed E-state index contributed by atoms with van der Waals surface area (Å²) in [6.07, 6.45) is 4.53. The molecular formula is C29H32N2O5S. The predicted molar refractivity (Wildman–Crippen MR) is 145 cm³/mol. The van der Waals surface area contributed by atoms with Crippen LogP contribution in [0.15, 0.2) is 53.9 Å². The number of aromatic carboxylic acids is 1. The summed E-state index contributed by atoms with van der Waals surface area (Å²) < 4.78 is 5.18. The molecule has 3 aromatic rings. The van der Waals surface area contributed by atoms with E-state index in [9.17, 15) is 19.8 Å². The summed E-state index contributed by atoms with van der Waals surface area (Å²) in [4.78, 5) is 25.2. The molecule has 2 aromatic carbocycles. The summed E-state index contributed by atoms with van der Waals surface area (Å²) in [5, 5.41) is 28.1. The van der Waals surface area contributed by atoms with E-state index < -0.39 is 12.3 Å². The minimum absolute atomic E-state index is 0.123. The third-order valence-electron chi connectivity index (χ3n) is 7.45. The van der Waals surface area contributed by atoms with Crippen molar-refractivity contribution < 1.29 is 24.5 Å². The lowest BCUT2D eigenvalue weighted by Crippen LogP contribution is -2.26. The Labute approximate surface area is 220 Å². The highest BCUT2D eigenvalue weighted by Gasteiger charge is 2.28. The van der Waals surface area contributed by atoms with Gasteiger partial charge in [-0.25, -0.2) is 4.79 Å². The van der Waals surface area contributed by atoms with E-state index in [0.717, 1.165) is 49.9 Å². The molecular weight excluding hydrogens is 488 g/mol. The number of thiophene rings is 1. The maximum Gasteiger partial charge on any atom is 0.339 e. The van der Waals surface area contributed by atoms with Crippen LogP contribution in [0, 0.1) is 5.92 Å². The molecule has 2 aliphatic rings. The Bertz CT molecular complexity index is 1260. The van der Waals surface area contributed by atoms with Crippen molar-refractivity contribution in [3.8, 4) is 0 Å². The van der Waals surface area contributed by atoms with Crippen LogP contribution in [0.25, 0.3) is 0 Å². The number of benzene rings is 2. The van der Waals surface area contributed by atoms with Crippen molar-refractivity contribution >= 4 is 33.9 Å². The van der Waals surface area contributed by atoms with E-state index in [0.29, 0.717) is 29.5 Å². The van der Waals surface area contributed by atoms with Gasteiger partial charge in [-0.3, -0.25) is 4.79 Å². The predicted octanol–water partition coefficient (Wildman–Crippen LogP) is 5.52. The highest BCUT2D eigenvalue weighted by molar-refractivity contribution is 7.15. The van der Waals surface area contributed by atoms with Gasteiger partial charge in [0.25, 0.3) is 5.91 Å². The van der Waals surface area contributed by atoms with Crippen molar-refractivity contribution in [3.63, 3.8) is 0 Å². The van der Waals surface area contributed by atoms with Gasteiger partial charge in [0.2, 0.25) is 0 Å². The molecule has 1 aromatic heterocycles. The van der Waals surface area contributed by atoms with Crippen LogP contribution < -0.4 is 10.6 Å². The van der Waals surface area contributed by atoms with Crippen LogP contribution in [0.5, 0.6) is 0 Å². The van der Waals surface area contributed by atoms with E-state index in [2.05, 4.69) is 22.8 Å². The molecule has 37 heavy (non-hydrogen) atoms. The van der Waals surface area contributed by atoms with Gasteiger partial charge in [-0.1, -0.05) is 24.3 Å². The molecule has 8 heteroatoms. The number of anilines is 2.